The van der Waals surface area contributed by atoms with Crippen LogP contribution in [0.15, 0.2) is 59.0 Å². The summed E-state index contributed by atoms with van der Waals surface area (Å²) in [6, 6.07) is 11.0. The summed E-state index contributed by atoms with van der Waals surface area (Å²) in [5, 5.41) is 2.68. The Balaban J connectivity index is 1.96. The zero-order chi connectivity index (χ0) is 29.4. The maximum absolute atomic E-state index is 14.6. The second-order valence-electron chi connectivity index (χ2n) is 9.84. The van der Waals surface area contributed by atoms with Crippen LogP contribution in [0.4, 0.5) is 22.0 Å². The first-order valence-corrected chi connectivity index (χ1v) is 12.0. The molecular weight excluding hydrogens is 537 g/mol. The molecule has 0 fully saturated rings. The Bertz CT molecular complexity index is 1580. The van der Waals surface area contributed by atoms with Crippen LogP contribution >= 0.6 is 0 Å². The average Bonchev–Trinajstić information content (AvgIpc) is 3.24. The summed E-state index contributed by atoms with van der Waals surface area (Å²) in [5.41, 5.74) is -0.859. The van der Waals surface area contributed by atoms with Crippen LogP contribution in [0.25, 0.3) is 33.4 Å². The summed E-state index contributed by atoms with van der Waals surface area (Å²) in [7, 11) is 1.38. The summed E-state index contributed by atoms with van der Waals surface area (Å²) in [5.74, 6) is -3.23. The standard InChI is InChI=1S/C29H24F5NO5/c1-28(2,3)40-27(37)19-11-16(7-10-21(19)31)18-12-20-23(13-22(18)38-14-29(32,33)34)39-25(24(20)26(36)35-4)15-5-8-17(30)9-6-15/h5-13H,14H2,1-4H3,(H,35,36). The third-order valence-corrected chi connectivity index (χ3v) is 5.64. The van der Waals surface area contributed by atoms with Crippen molar-refractivity contribution in [3.8, 4) is 28.2 Å². The van der Waals surface area contributed by atoms with Crippen molar-refractivity contribution in [1.29, 1.82) is 0 Å². The smallest absolute Gasteiger partial charge is 0.422 e. The Labute approximate surface area is 225 Å². The van der Waals surface area contributed by atoms with Crippen LogP contribution in [0.2, 0.25) is 0 Å². The molecule has 6 nitrogen and oxygen atoms in total. The molecule has 0 radical (unpaired) electrons. The van der Waals surface area contributed by atoms with E-state index in [2.05, 4.69) is 5.32 Å². The number of alkyl halides is 3. The van der Waals surface area contributed by atoms with Crippen molar-refractivity contribution in [2.45, 2.75) is 32.5 Å². The van der Waals surface area contributed by atoms with E-state index in [1.165, 1.54) is 37.4 Å². The summed E-state index contributed by atoms with van der Waals surface area (Å²) >= 11 is 0. The van der Waals surface area contributed by atoms with E-state index in [0.29, 0.717) is 5.56 Å². The summed E-state index contributed by atoms with van der Waals surface area (Å²) in [6.07, 6.45) is -4.69. The lowest BCUT2D eigenvalue weighted by molar-refractivity contribution is -0.153. The summed E-state index contributed by atoms with van der Waals surface area (Å²) in [6.45, 7) is 3.14. The molecule has 0 spiro atoms. The minimum absolute atomic E-state index is 0.00771. The first-order valence-electron chi connectivity index (χ1n) is 12.0. The van der Waals surface area contributed by atoms with Gasteiger partial charge in [0, 0.05) is 29.6 Å². The Morgan fingerprint density at radius 2 is 1.57 bits per heavy atom. The number of fused-ring (bicyclic) bond motifs is 1. The second kappa shape index (κ2) is 10.6. The molecule has 0 aliphatic heterocycles. The van der Waals surface area contributed by atoms with E-state index in [4.69, 9.17) is 13.9 Å². The maximum atomic E-state index is 14.6. The first-order chi connectivity index (χ1) is 18.7. The van der Waals surface area contributed by atoms with Crippen LogP contribution in [-0.4, -0.2) is 37.3 Å². The van der Waals surface area contributed by atoms with Crippen molar-refractivity contribution in [3.05, 3.63) is 77.4 Å². The number of furan rings is 1. The van der Waals surface area contributed by atoms with Gasteiger partial charge < -0.3 is 19.2 Å². The third kappa shape index (κ3) is 6.24. The van der Waals surface area contributed by atoms with Gasteiger partial charge in [0.05, 0.1) is 11.1 Å². The van der Waals surface area contributed by atoms with E-state index in [1.807, 2.05) is 0 Å². The Morgan fingerprint density at radius 3 is 2.17 bits per heavy atom. The highest BCUT2D eigenvalue weighted by molar-refractivity contribution is 6.12. The molecule has 4 aromatic rings. The lowest BCUT2D eigenvalue weighted by Crippen LogP contribution is -2.24. The van der Waals surface area contributed by atoms with E-state index in [9.17, 15) is 31.5 Å². The fourth-order valence-electron chi connectivity index (χ4n) is 3.97. The van der Waals surface area contributed by atoms with E-state index >= 15 is 0 Å². The van der Waals surface area contributed by atoms with Crippen LogP contribution in [-0.2, 0) is 4.74 Å². The molecule has 1 aromatic heterocycles. The molecule has 0 saturated heterocycles. The topological polar surface area (TPSA) is 77.8 Å². The van der Waals surface area contributed by atoms with Gasteiger partial charge >= 0.3 is 12.1 Å². The van der Waals surface area contributed by atoms with Gasteiger partial charge in [-0.05, 0) is 68.8 Å². The number of halogens is 5. The zero-order valence-corrected chi connectivity index (χ0v) is 21.8. The molecule has 210 valence electrons. The maximum Gasteiger partial charge on any atom is 0.422 e. The number of hydrogen-bond acceptors (Lipinski definition) is 5. The van der Waals surface area contributed by atoms with Gasteiger partial charge in [-0.3, -0.25) is 4.79 Å². The predicted molar refractivity (Wildman–Crippen MR) is 137 cm³/mol. The molecule has 0 unspecified atom stereocenters. The van der Waals surface area contributed by atoms with Gasteiger partial charge in [-0.2, -0.15) is 13.2 Å². The van der Waals surface area contributed by atoms with Crippen LogP contribution in [0.1, 0.15) is 41.5 Å². The van der Waals surface area contributed by atoms with Crippen LogP contribution < -0.4 is 10.1 Å². The molecule has 1 heterocycles. The van der Waals surface area contributed by atoms with Gasteiger partial charge in [-0.1, -0.05) is 6.07 Å². The van der Waals surface area contributed by atoms with Crippen molar-refractivity contribution in [2.75, 3.05) is 13.7 Å². The summed E-state index contributed by atoms with van der Waals surface area (Å²) in [4.78, 5) is 25.6. The van der Waals surface area contributed by atoms with Crippen molar-refractivity contribution in [2.24, 2.45) is 0 Å². The SMILES string of the molecule is CNC(=O)c1c(-c2ccc(F)cc2)oc2cc(OCC(F)(F)F)c(-c3ccc(F)c(C(=O)OC(C)(C)C)c3)cc12. The minimum Gasteiger partial charge on any atom is -0.483 e. The van der Waals surface area contributed by atoms with Crippen LogP contribution in [0.5, 0.6) is 5.75 Å². The molecule has 0 aliphatic rings. The first kappa shape index (κ1) is 28.6. The van der Waals surface area contributed by atoms with E-state index < -0.39 is 47.5 Å². The normalized spacial score (nSPS) is 11.9. The Kier molecular flexibility index (Phi) is 7.60. The fourth-order valence-corrected chi connectivity index (χ4v) is 3.97. The van der Waals surface area contributed by atoms with E-state index in [1.54, 1.807) is 20.8 Å². The van der Waals surface area contributed by atoms with Gasteiger partial charge in [-0.25, -0.2) is 13.6 Å². The lowest BCUT2D eigenvalue weighted by Gasteiger charge is -2.20. The lowest BCUT2D eigenvalue weighted by atomic mass is 9.97. The van der Waals surface area contributed by atoms with E-state index in [0.717, 1.165) is 24.3 Å². The van der Waals surface area contributed by atoms with Gasteiger partial charge in [0.1, 0.15) is 34.3 Å². The Morgan fingerprint density at radius 1 is 0.925 bits per heavy atom. The average molecular weight is 562 g/mol. The quantitative estimate of drug-likeness (QED) is 0.197. The monoisotopic (exact) mass is 561 g/mol. The van der Waals surface area contributed by atoms with Gasteiger partial charge in [-0.15, -0.1) is 0 Å². The molecule has 1 N–H and O–H groups in total. The highest BCUT2D eigenvalue weighted by atomic mass is 19.4. The molecular formula is C29H24F5NO5. The van der Waals surface area contributed by atoms with Crippen molar-refractivity contribution in [1.82, 2.24) is 5.32 Å². The molecule has 3 aromatic carbocycles. The molecule has 0 saturated carbocycles. The third-order valence-electron chi connectivity index (χ3n) is 5.64. The second-order valence-corrected chi connectivity index (χ2v) is 9.84. The highest BCUT2D eigenvalue weighted by Gasteiger charge is 2.30. The fraction of sp³-hybridized carbons (Fsp3) is 0.241. The molecule has 11 heteroatoms. The van der Waals surface area contributed by atoms with Gasteiger partial charge in [0.25, 0.3) is 5.91 Å². The summed E-state index contributed by atoms with van der Waals surface area (Å²) < 4.78 is 83.7. The number of esters is 1. The molecule has 40 heavy (non-hydrogen) atoms. The molecule has 0 atom stereocenters. The number of hydrogen-bond donors (Lipinski definition) is 1. The number of rotatable bonds is 6. The largest absolute Gasteiger partial charge is 0.483 e. The van der Waals surface area contributed by atoms with Crippen molar-refractivity contribution >= 4 is 22.8 Å². The molecule has 0 bridgehead atoms. The number of benzene rings is 3. The van der Waals surface area contributed by atoms with Crippen LogP contribution in [0.3, 0.4) is 0 Å². The molecule has 0 aliphatic carbocycles. The predicted octanol–water partition coefficient (Wildman–Crippen LogP) is 7.30. The number of carbonyl (C=O) groups is 2. The van der Waals surface area contributed by atoms with Crippen LogP contribution in [0, 0.1) is 11.6 Å². The zero-order valence-electron chi connectivity index (χ0n) is 21.8. The van der Waals surface area contributed by atoms with Crippen molar-refractivity contribution < 1.29 is 45.4 Å². The highest BCUT2D eigenvalue weighted by Crippen LogP contribution is 2.41. The number of ether oxygens (including phenoxy) is 2. The molecule has 1 amide bonds. The minimum atomic E-state index is -4.69. The molecule has 4 rings (SSSR count). The van der Waals surface area contributed by atoms with Gasteiger partial charge in [0.2, 0.25) is 0 Å². The number of nitrogens with one attached hydrogen (secondary N) is 1. The number of amides is 1. The van der Waals surface area contributed by atoms with Crippen molar-refractivity contribution in [3.63, 3.8) is 0 Å². The van der Waals surface area contributed by atoms with Gasteiger partial charge in [0.15, 0.2) is 6.61 Å². The van der Waals surface area contributed by atoms with E-state index in [-0.39, 0.29) is 39.2 Å². The number of carbonyl (C=O) groups excluding carboxylic acids is 2. The Hall–Kier alpha value is -4.41.